The van der Waals surface area contributed by atoms with Gasteiger partial charge in [0.1, 0.15) is 0 Å². The molecule has 15 heavy (non-hydrogen) atoms. The molecule has 0 saturated heterocycles. The predicted molar refractivity (Wildman–Crippen MR) is 57.3 cm³/mol. The van der Waals surface area contributed by atoms with Gasteiger partial charge >= 0.3 is 5.97 Å². The van der Waals surface area contributed by atoms with Gasteiger partial charge in [0.2, 0.25) is 5.91 Å². The Balaban J connectivity index is 4.23. The molecule has 0 aromatic carbocycles. The minimum atomic E-state index is -0.911. The Labute approximate surface area is 90.0 Å². The summed E-state index contributed by atoms with van der Waals surface area (Å²) in [6, 6.07) is -0.936. The summed E-state index contributed by atoms with van der Waals surface area (Å²) in [5.41, 5.74) is 5.39. The molecule has 0 aromatic heterocycles. The van der Waals surface area contributed by atoms with Gasteiger partial charge in [-0.1, -0.05) is 13.8 Å². The molecule has 0 fully saturated rings. The van der Waals surface area contributed by atoms with E-state index in [1.807, 2.05) is 13.8 Å². The normalized spacial score (nSPS) is 14.7. The van der Waals surface area contributed by atoms with Crippen LogP contribution in [-0.4, -0.2) is 29.1 Å². The first-order valence-electron chi connectivity index (χ1n) is 5.10. The molecule has 5 heteroatoms. The van der Waals surface area contributed by atoms with Gasteiger partial charge in [-0.05, 0) is 19.3 Å². The molecule has 4 N–H and O–H groups in total. The molecular weight excluding hydrogens is 196 g/mol. The molecule has 0 saturated carbocycles. The lowest BCUT2D eigenvalue weighted by Crippen LogP contribution is -2.45. The van der Waals surface area contributed by atoms with Crippen LogP contribution in [0.3, 0.4) is 0 Å². The average Bonchev–Trinajstić information content (AvgIpc) is 2.00. The second-order valence-electron chi connectivity index (χ2n) is 4.22. The molecule has 2 unspecified atom stereocenters. The molecule has 0 aromatic rings. The van der Waals surface area contributed by atoms with E-state index in [1.165, 1.54) is 0 Å². The first kappa shape index (κ1) is 13.9. The van der Waals surface area contributed by atoms with E-state index in [1.54, 1.807) is 6.92 Å². The molecule has 88 valence electrons. The fourth-order valence-corrected chi connectivity index (χ4v) is 1.31. The molecular formula is C10H20N2O3. The standard InChI is InChI=1S/C10H20N2O3/c1-6(2)4-8(5-9(13)14)12-10(15)7(3)11/h6-8H,4-5,11H2,1-3H3,(H,12,15)(H,13,14). The van der Waals surface area contributed by atoms with Crippen LogP contribution in [0.2, 0.25) is 0 Å². The van der Waals surface area contributed by atoms with Crippen LogP contribution in [0.4, 0.5) is 0 Å². The number of aliphatic carboxylic acids is 1. The molecule has 0 aliphatic carbocycles. The summed E-state index contributed by atoms with van der Waals surface area (Å²) in [6.07, 6.45) is 0.585. The third-order valence-electron chi connectivity index (χ3n) is 1.94. The Kier molecular flexibility index (Phi) is 5.93. The zero-order valence-corrected chi connectivity index (χ0v) is 9.49. The lowest BCUT2D eigenvalue weighted by molar-refractivity contribution is -0.137. The van der Waals surface area contributed by atoms with Crippen molar-refractivity contribution in [2.75, 3.05) is 0 Å². The van der Waals surface area contributed by atoms with Crippen molar-refractivity contribution in [2.45, 2.75) is 45.7 Å². The van der Waals surface area contributed by atoms with Crippen LogP contribution in [0, 0.1) is 5.92 Å². The van der Waals surface area contributed by atoms with Crippen molar-refractivity contribution >= 4 is 11.9 Å². The molecule has 5 nitrogen and oxygen atoms in total. The van der Waals surface area contributed by atoms with Crippen molar-refractivity contribution in [1.82, 2.24) is 5.32 Å². The fraction of sp³-hybridized carbons (Fsp3) is 0.800. The minimum Gasteiger partial charge on any atom is -0.481 e. The highest BCUT2D eigenvalue weighted by atomic mass is 16.4. The number of hydrogen-bond acceptors (Lipinski definition) is 3. The Hall–Kier alpha value is -1.10. The zero-order chi connectivity index (χ0) is 12.0. The van der Waals surface area contributed by atoms with E-state index in [9.17, 15) is 9.59 Å². The maximum absolute atomic E-state index is 11.3. The summed E-state index contributed by atoms with van der Waals surface area (Å²) < 4.78 is 0. The third-order valence-corrected chi connectivity index (χ3v) is 1.94. The molecule has 0 bridgehead atoms. The largest absolute Gasteiger partial charge is 0.481 e. The van der Waals surface area contributed by atoms with Gasteiger partial charge in [-0.15, -0.1) is 0 Å². The van der Waals surface area contributed by atoms with Gasteiger partial charge in [-0.25, -0.2) is 0 Å². The highest BCUT2D eigenvalue weighted by molar-refractivity contribution is 5.81. The second kappa shape index (κ2) is 6.40. The van der Waals surface area contributed by atoms with E-state index < -0.39 is 12.0 Å². The molecule has 1 amide bonds. The van der Waals surface area contributed by atoms with Crippen LogP contribution in [0.15, 0.2) is 0 Å². The lowest BCUT2D eigenvalue weighted by atomic mass is 10.0. The Morgan fingerprint density at radius 3 is 2.20 bits per heavy atom. The molecule has 0 heterocycles. The summed E-state index contributed by atoms with van der Waals surface area (Å²) in [5, 5.41) is 11.3. The zero-order valence-electron chi connectivity index (χ0n) is 9.49. The maximum Gasteiger partial charge on any atom is 0.305 e. The number of carboxylic acids is 1. The van der Waals surface area contributed by atoms with Gasteiger partial charge in [0, 0.05) is 6.04 Å². The van der Waals surface area contributed by atoms with Gasteiger partial charge in [0.15, 0.2) is 0 Å². The number of rotatable bonds is 6. The van der Waals surface area contributed by atoms with Gasteiger partial charge in [0.05, 0.1) is 12.5 Å². The van der Waals surface area contributed by atoms with Crippen molar-refractivity contribution in [1.29, 1.82) is 0 Å². The van der Waals surface area contributed by atoms with E-state index in [-0.39, 0.29) is 18.4 Å². The van der Waals surface area contributed by atoms with E-state index in [2.05, 4.69) is 5.32 Å². The number of carbonyl (C=O) groups is 2. The Morgan fingerprint density at radius 2 is 1.87 bits per heavy atom. The minimum absolute atomic E-state index is 0.0589. The van der Waals surface area contributed by atoms with Gasteiger partial charge < -0.3 is 16.2 Å². The number of nitrogens with one attached hydrogen (secondary N) is 1. The average molecular weight is 216 g/mol. The Bertz CT molecular complexity index is 227. The quantitative estimate of drug-likeness (QED) is 0.597. The van der Waals surface area contributed by atoms with E-state index >= 15 is 0 Å². The van der Waals surface area contributed by atoms with E-state index in [0.717, 1.165) is 0 Å². The van der Waals surface area contributed by atoms with Crippen molar-refractivity contribution in [3.05, 3.63) is 0 Å². The van der Waals surface area contributed by atoms with Crippen molar-refractivity contribution < 1.29 is 14.7 Å². The van der Waals surface area contributed by atoms with Crippen LogP contribution in [-0.2, 0) is 9.59 Å². The molecule has 0 radical (unpaired) electrons. The van der Waals surface area contributed by atoms with Gasteiger partial charge in [-0.2, -0.15) is 0 Å². The highest BCUT2D eigenvalue weighted by Crippen LogP contribution is 2.08. The maximum atomic E-state index is 11.3. The van der Waals surface area contributed by atoms with E-state index in [4.69, 9.17) is 10.8 Å². The topological polar surface area (TPSA) is 92.4 Å². The number of carboxylic acid groups (broad SMARTS) is 1. The molecule has 2 atom stereocenters. The summed E-state index contributed by atoms with van der Waals surface area (Å²) >= 11 is 0. The fourth-order valence-electron chi connectivity index (χ4n) is 1.31. The molecule has 0 aliphatic heterocycles. The van der Waals surface area contributed by atoms with Crippen LogP contribution in [0.25, 0.3) is 0 Å². The molecule has 0 aliphatic rings. The van der Waals surface area contributed by atoms with Crippen molar-refractivity contribution in [3.8, 4) is 0 Å². The van der Waals surface area contributed by atoms with Gasteiger partial charge in [-0.3, -0.25) is 9.59 Å². The van der Waals surface area contributed by atoms with E-state index in [0.29, 0.717) is 12.3 Å². The van der Waals surface area contributed by atoms with Crippen LogP contribution in [0.1, 0.15) is 33.6 Å². The smallest absolute Gasteiger partial charge is 0.305 e. The predicted octanol–water partition coefficient (Wildman–Crippen LogP) is 0.339. The van der Waals surface area contributed by atoms with Crippen LogP contribution >= 0.6 is 0 Å². The van der Waals surface area contributed by atoms with Crippen LogP contribution < -0.4 is 11.1 Å². The molecule has 0 rings (SSSR count). The number of nitrogens with two attached hydrogens (primary N) is 1. The number of carbonyl (C=O) groups excluding carboxylic acids is 1. The Morgan fingerprint density at radius 1 is 1.33 bits per heavy atom. The van der Waals surface area contributed by atoms with Crippen molar-refractivity contribution in [3.63, 3.8) is 0 Å². The van der Waals surface area contributed by atoms with Crippen LogP contribution in [0.5, 0.6) is 0 Å². The summed E-state index contributed by atoms with van der Waals surface area (Å²) in [5.74, 6) is -0.879. The summed E-state index contributed by atoms with van der Waals surface area (Å²) in [6.45, 7) is 5.53. The number of amides is 1. The van der Waals surface area contributed by atoms with Gasteiger partial charge in [0.25, 0.3) is 0 Å². The summed E-state index contributed by atoms with van der Waals surface area (Å²) in [4.78, 5) is 21.8. The van der Waals surface area contributed by atoms with Crippen molar-refractivity contribution in [2.24, 2.45) is 11.7 Å². The number of hydrogen-bond donors (Lipinski definition) is 3. The SMILES string of the molecule is CC(C)CC(CC(=O)O)NC(=O)C(C)N. The monoisotopic (exact) mass is 216 g/mol. The highest BCUT2D eigenvalue weighted by Gasteiger charge is 2.18. The summed E-state index contributed by atoms with van der Waals surface area (Å²) in [7, 11) is 0. The lowest BCUT2D eigenvalue weighted by Gasteiger charge is -2.19. The first-order chi connectivity index (χ1) is 6.82. The third kappa shape index (κ3) is 6.90. The first-order valence-corrected chi connectivity index (χ1v) is 5.10. The molecule has 0 spiro atoms. The second-order valence-corrected chi connectivity index (χ2v) is 4.22.